The fourth-order valence-electron chi connectivity index (χ4n) is 2.02. The molecule has 0 amide bonds. The van der Waals surface area contributed by atoms with E-state index in [1.165, 1.54) is 0 Å². The molecule has 0 aliphatic carbocycles. The minimum absolute atomic E-state index is 0.0465. The van der Waals surface area contributed by atoms with Crippen molar-refractivity contribution < 1.29 is 26.7 Å². The zero-order valence-electron chi connectivity index (χ0n) is 12.2. The number of aliphatic hydroxyl groups is 1. The summed E-state index contributed by atoms with van der Waals surface area (Å²) in [6.07, 6.45) is -6.22. The second kappa shape index (κ2) is 7.94. The standard InChI is InChI=1S/C14H20F3NO3S/c1-11(19)9-13(12-5-3-2-4-6-12)10-18-22(20,21)8-7-14(15,16)17/h2-6,11,13,18-19H,7-10H2,1H3/t11-,13+/m0/s1. The molecule has 0 fully saturated rings. The van der Waals surface area contributed by atoms with Crippen molar-refractivity contribution in [1.82, 2.24) is 4.72 Å². The number of nitrogens with one attached hydrogen (secondary N) is 1. The number of rotatable bonds is 8. The van der Waals surface area contributed by atoms with Gasteiger partial charge in [-0.1, -0.05) is 30.3 Å². The van der Waals surface area contributed by atoms with Gasteiger partial charge in [0.25, 0.3) is 0 Å². The summed E-state index contributed by atoms with van der Waals surface area (Å²) in [4.78, 5) is 0. The van der Waals surface area contributed by atoms with Crippen LogP contribution in [0, 0.1) is 0 Å². The molecule has 0 unspecified atom stereocenters. The lowest BCUT2D eigenvalue weighted by Crippen LogP contribution is -2.33. The van der Waals surface area contributed by atoms with Gasteiger partial charge in [0.05, 0.1) is 18.3 Å². The van der Waals surface area contributed by atoms with Gasteiger partial charge in [0.1, 0.15) is 0 Å². The van der Waals surface area contributed by atoms with Gasteiger partial charge in [0.15, 0.2) is 0 Å². The summed E-state index contributed by atoms with van der Waals surface area (Å²) in [5, 5.41) is 9.50. The van der Waals surface area contributed by atoms with Crippen LogP contribution in [0.25, 0.3) is 0 Å². The van der Waals surface area contributed by atoms with Gasteiger partial charge in [-0.25, -0.2) is 13.1 Å². The molecule has 2 atom stereocenters. The molecule has 126 valence electrons. The quantitative estimate of drug-likeness (QED) is 0.764. The number of benzene rings is 1. The van der Waals surface area contributed by atoms with Crippen LogP contribution in [-0.2, 0) is 10.0 Å². The van der Waals surface area contributed by atoms with Gasteiger partial charge in [-0.05, 0) is 24.8 Å². The van der Waals surface area contributed by atoms with E-state index in [1.54, 1.807) is 37.3 Å². The van der Waals surface area contributed by atoms with Crippen molar-refractivity contribution in [2.45, 2.75) is 38.0 Å². The Morgan fingerprint density at radius 3 is 2.32 bits per heavy atom. The predicted molar refractivity (Wildman–Crippen MR) is 77.9 cm³/mol. The molecule has 0 spiro atoms. The van der Waals surface area contributed by atoms with E-state index in [0.29, 0.717) is 6.42 Å². The topological polar surface area (TPSA) is 66.4 Å². The number of halogens is 3. The van der Waals surface area contributed by atoms with E-state index in [1.807, 2.05) is 0 Å². The third-order valence-corrected chi connectivity index (χ3v) is 4.45. The Kier molecular flexibility index (Phi) is 6.83. The second-order valence-electron chi connectivity index (χ2n) is 5.22. The Labute approximate surface area is 128 Å². The van der Waals surface area contributed by atoms with E-state index in [-0.39, 0.29) is 12.5 Å². The van der Waals surface area contributed by atoms with Crippen molar-refractivity contribution in [2.24, 2.45) is 0 Å². The third kappa shape index (κ3) is 7.77. The average molecular weight is 339 g/mol. The molecule has 1 aromatic carbocycles. The van der Waals surface area contributed by atoms with E-state index in [9.17, 15) is 26.7 Å². The van der Waals surface area contributed by atoms with E-state index in [2.05, 4.69) is 4.72 Å². The van der Waals surface area contributed by atoms with Crippen molar-refractivity contribution >= 4 is 10.0 Å². The monoisotopic (exact) mass is 339 g/mol. The van der Waals surface area contributed by atoms with Crippen LogP contribution in [0.15, 0.2) is 30.3 Å². The molecule has 0 radical (unpaired) electrons. The van der Waals surface area contributed by atoms with Crippen molar-refractivity contribution in [3.63, 3.8) is 0 Å². The van der Waals surface area contributed by atoms with Crippen molar-refractivity contribution in [1.29, 1.82) is 0 Å². The summed E-state index contributed by atoms with van der Waals surface area (Å²) in [5.74, 6) is -1.30. The number of hydrogen-bond donors (Lipinski definition) is 2. The van der Waals surface area contributed by atoms with Gasteiger partial charge in [0, 0.05) is 6.54 Å². The second-order valence-corrected chi connectivity index (χ2v) is 7.15. The highest BCUT2D eigenvalue weighted by Crippen LogP contribution is 2.22. The Morgan fingerprint density at radius 1 is 1.23 bits per heavy atom. The smallest absolute Gasteiger partial charge is 0.390 e. The zero-order valence-corrected chi connectivity index (χ0v) is 13.0. The van der Waals surface area contributed by atoms with E-state index in [0.717, 1.165) is 5.56 Å². The normalized spacial score (nSPS) is 15.5. The van der Waals surface area contributed by atoms with Crippen LogP contribution >= 0.6 is 0 Å². The Morgan fingerprint density at radius 2 is 1.82 bits per heavy atom. The Bertz CT molecular complexity index is 544. The number of sulfonamides is 1. The maximum Gasteiger partial charge on any atom is 0.390 e. The molecule has 0 aliphatic rings. The first-order valence-electron chi connectivity index (χ1n) is 6.86. The summed E-state index contributed by atoms with van der Waals surface area (Å²) in [5.41, 5.74) is 0.821. The SMILES string of the molecule is C[C@H](O)C[C@H](CNS(=O)(=O)CCC(F)(F)F)c1ccccc1. The maximum absolute atomic E-state index is 12.1. The maximum atomic E-state index is 12.1. The first-order valence-corrected chi connectivity index (χ1v) is 8.51. The van der Waals surface area contributed by atoms with Gasteiger partial charge in [-0.3, -0.25) is 0 Å². The summed E-state index contributed by atoms with van der Waals surface area (Å²) >= 11 is 0. The molecule has 0 saturated heterocycles. The number of alkyl halides is 3. The molecule has 1 aromatic rings. The fourth-order valence-corrected chi connectivity index (χ4v) is 3.12. The molecule has 4 nitrogen and oxygen atoms in total. The van der Waals surface area contributed by atoms with Crippen LogP contribution in [0.4, 0.5) is 13.2 Å². The number of hydrogen-bond acceptors (Lipinski definition) is 3. The lowest BCUT2D eigenvalue weighted by atomic mass is 9.94. The summed E-state index contributed by atoms with van der Waals surface area (Å²) in [6.45, 7) is 1.53. The fraction of sp³-hybridized carbons (Fsp3) is 0.571. The first-order chi connectivity index (χ1) is 10.1. The molecule has 0 bridgehead atoms. The molecule has 22 heavy (non-hydrogen) atoms. The Balaban J connectivity index is 2.67. The minimum atomic E-state index is -4.51. The van der Waals surface area contributed by atoms with E-state index in [4.69, 9.17) is 0 Å². The molecule has 1 rings (SSSR count). The molecule has 0 aliphatic heterocycles. The van der Waals surface area contributed by atoms with E-state index < -0.39 is 34.5 Å². The van der Waals surface area contributed by atoms with Crippen molar-refractivity contribution in [3.05, 3.63) is 35.9 Å². The van der Waals surface area contributed by atoms with Crippen molar-refractivity contribution in [3.8, 4) is 0 Å². The van der Waals surface area contributed by atoms with Gasteiger partial charge in [0.2, 0.25) is 10.0 Å². The van der Waals surface area contributed by atoms with Crippen molar-refractivity contribution in [2.75, 3.05) is 12.3 Å². The van der Waals surface area contributed by atoms with Crippen LogP contribution < -0.4 is 4.72 Å². The highest BCUT2D eigenvalue weighted by atomic mass is 32.2. The van der Waals surface area contributed by atoms with Gasteiger partial charge in [-0.2, -0.15) is 13.2 Å². The van der Waals surface area contributed by atoms with Gasteiger partial charge < -0.3 is 5.11 Å². The molecule has 0 saturated carbocycles. The van der Waals surface area contributed by atoms with Crippen LogP contribution in [0.5, 0.6) is 0 Å². The summed E-state index contributed by atoms with van der Waals surface area (Å²) in [6, 6.07) is 8.94. The van der Waals surface area contributed by atoms with Crippen LogP contribution in [-0.4, -0.2) is 38.1 Å². The lowest BCUT2D eigenvalue weighted by molar-refractivity contribution is -0.129. The van der Waals surface area contributed by atoms with Crippen LogP contribution in [0.2, 0.25) is 0 Å². The highest BCUT2D eigenvalue weighted by molar-refractivity contribution is 7.89. The molecule has 8 heteroatoms. The lowest BCUT2D eigenvalue weighted by Gasteiger charge is -2.20. The predicted octanol–water partition coefficient (Wildman–Crippen LogP) is 2.41. The number of aliphatic hydroxyl groups excluding tert-OH is 1. The third-order valence-electron chi connectivity index (χ3n) is 3.10. The molecular weight excluding hydrogens is 319 g/mol. The van der Waals surface area contributed by atoms with Crippen LogP contribution in [0.1, 0.15) is 31.2 Å². The van der Waals surface area contributed by atoms with Crippen LogP contribution in [0.3, 0.4) is 0 Å². The average Bonchev–Trinajstić information content (AvgIpc) is 2.41. The summed E-state index contributed by atoms with van der Waals surface area (Å²) in [7, 11) is -4.01. The zero-order chi connectivity index (χ0) is 16.8. The van der Waals surface area contributed by atoms with Gasteiger partial charge in [-0.15, -0.1) is 0 Å². The summed E-state index contributed by atoms with van der Waals surface area (Å²) < 4.78 is 61.7. The minimum Gasteiger partial charge on any atom is -0.393 e. The van der Waals surface area contributed by atoms with Gasteiger partial charge >= 0.3 is 6.18 Å². The first kappa shape index (κ1) is 18.9. The largest absolute Gasteiger partial charge is 0.393 e. The van der Waals surface area contributed by atoms with E-state index >= 15 is 0 Å². The molecular formula is C14H20F3NO3S. The Hall–Kier alpha value is -1.12. The molecule has 0 heterocycles. The highest BCUT2D eigenvalue weighted by Gasteiger charge is 2.30. The molecule has 0 aromatic heterocycles. The molecule has 2 N–H and O–H groups in total.